The van der Waals surface area contributed by atoms with Crippen LogP contribution in [0, 0.1) is 11.3 Å². The molecule has 2 rings (SSSR count). The van der Waals surface area contributed by atoms with Gasteiger partial charge >= 0.3 is 0 Å². The van der Waals surface area contributed by atoms with E-state index in [9.17, 15) is 4.79 Å². The molecule has 22 heavy (non-hydrogen) atoms. The Labute approximate surface area is 129 Å². The fourth-order valence-electron chi connectivity index (χ4n) is 1.80. The zero-order chi connectivity index (χ0) is 15.6. The lowest BCUT2D eigenvalue weighted by atomic mass is 10.2. The molecule has 110 valence electrons. The Morgan fingerprint density at radius 3 is 2.59 bits per heavy atom. The molecule has 0 bridgehead atoms. The second kappa shape index (κ2) is 8.22. The normalized spacial score (nSPS) is 10.6. The van der Waals surface area contributed by atoms with Crippen LogP contribution in [0.2, 0.25) is 0 Å². The Morgan fingerprint density at radius 2 is 1.91 bits per heavy atom. The van der Waals surface area contributed by atoms with Crippen LogP contribution >= 0.6 is 0 Å². The molecule has 0 radical (unpaired) electrons. The molecule has 2 aromatic rings. The van der Waals surface area contributed by atoms with E-state index in [2.05, 4.69) is 15.6 Å². The number of pyridine rings is 1. The molecule has 5 nitrogen and oxygen atoms in total. The first-order valence-corrected chi connectivity index (χ1v) is 6.84. The van der Waals surface area contributed by atoms with Crippen molar-refractivity contribution in [2.75, 3.05) is 0 Å². The topological polar surface area (TPSA) is 77.8 Å². The highest BCUT2D eigenvalue weighted by Gasteiger charge is 2.08. The van der Waals surface area contributed by atoms with Gasteiger partial charge in [-0.2, -0.15) is 5.26 Å². The van der Waals surface area contributed by atoms with Crippen molar-refractivity contribution >= 4 is 5.91 Å². The zero-order valence-corrected chi connectivity index (χ0v) is 12.0. The third-order valence-corrected chi connectivity index (χ3v) is 2.94. The number of rotatable bonds is 6. The summed E-state index contributed by atoms with van der Waals surface area (Å²) in [5, 5.41) is 14.7. The van der Waals surface area contributed by atoms with E-state index in [-0.39, 0.29) is 5.57 Å². The average Bonchev–Trinajstić information content (AvgIpc) is 2.58. The summed E-state index contributed by atoms with van der Waals surface area (Å²) < 4.78 is 0. The van der Waals surface area contributed by atoms with Gasteiger partial charge in [-0.1, -0.05) is 36.4 Å². The molecule has 0 aliphatic carbocycles. The first-order valence-electron chi connectivity index (χ1n) is 6.84. The first-order chi connectivity index (χ1) is 10.8. The van der Waals surface area contributed by atoms with Crippen LogP contribution in [0.1, 0.15) is 11.1 Å². The molecule has 0 unspecified atom stereocenters. The minimum Gasteiger partial charge on any atom is -0.386 e. The number of hydrogen-bond acceptors (Lipinski definition) is 4. The third kappa shape index (κ3) is 4.76. The highest BCUT2D eigenvalue weighted by Crippen LogP contribution is 1.99. The molecule has 5 heteroatoms. The number of nitriles is 1. The third-order valence-electron chi connectivity index (χ3n) is 2.94. The molecule has 0 spiro atoms. The maximum Gasteiger partial charge on any atom is 0.263 e. The van der Waals surface area contributed by atoms with Crippen LogP contribution in [0.15, 0.2) is 66.6 Å². The standard InChI is InChI=1S/C17H16N4O/c18-9-16(13-20-10-14-5-2-1-3-6-14)17(22)21-12-15-7-4-8-19-11-15/h1-8,11,13,20H,10,12H2,(H,21,22)/b16-13-. The van der Waals surface area contributed by atoms with Crippen molar-refractivity contribution in [3.05, 3.63) is 77.8 Å². The van der Waals surface area contributed by atoms with Gasteiger partial charge in [-0.25, -0.2) is 0 Å². The smallest absolute Gasteiger partial charge is 0.263 e. The van der Waals surface area contributed by atoms with Gasteiger partial charge < -0.3 is 10.6 Å². The summed E-state index contributed by atoms with van der Waals surface area (Å²) in [7, 11) is 0. The Balaban J connectivity index is 1.86. The van der Waals surface area contributed by atoms with Crippen LogP contribution in [0.5, 0.6) is 0 Å². The highest BCUT2D eigenvalue weighted by molar-refractivity contribution is 5.97. The van der Waals surface area contributed by atoms with E-state index in [1.165, 1.54) is 6.20 Å². The molecule has 0 saturated heterocycles. The first kappa shape index (κ1) is 15.3. The lowest BCUT2D eigenvalue weighted by Gasteiger charge is -2.05. The molecule has 0 aliphatic rings. The fraction of sp³-hybridized carbons (Fsp3) is 0.118. The van der Waals surface area contributed by atoms with Crippen LogP contribution in [-0.4, -0.2) is 10.9 Å². The number of carbonyl (C=O) groups is 1. The van der Waals surface area contributed by atoms with E-state index in [4.69, 9.17) is 5.26 Å². The molecule has 0 fully saturated rings. The second-order valence-electron chi connectivity index (χ2n) is 4.58. The number of aromatic nitrogens is 1. The summed E-state index contributed by atoms with van der Waals surface area (Å²) in [5.41, 5.74) is 2.00. The molecular formula is C17H16N4O. The number of hydrogen-bond donors (Lipinski definition) is 2. The second-order valence-corrected chi connectivity index (χ2v) is 4.58. The largest absolute Gasteiger partial charge is 0.386 e. The van der Waals surface area contributed by atoms with Gasteiger partial charge in [0.05, 0.1) is 0 Å². The Hall–Kier alpha value is -3.13. The van der Waals surface area contributed by atoms with Crippen LogP contribution in [0.25, 0.3) is 0 Å². The Morgan fingerprint density at radius 1 is 1.14 bits per heavy atom. The maximum atomic E-state index is 11.9. The van der Waals surface area contributed by atoms with E-state index in [0.29, 0.717) is 13.1 Å². The molecule has 1 aromatic carbocycles. The van der Waals surface area contributed by atoms with Gasteiger partial charge in [-0.3, -0.25) is 9.78 Å². The Kier molecular flexibility index (Phi) is 5.70. The molecule has 1 heterocycles. The number of nitrogens with zero attached hydrogens (tertiary/aromatic N) is 2. The van der Waals surface area contributed by atoms with E-state index < -0.39 is 5.91 Å². The molecule has 0 aliphatic heterocycles. The molecule has 2 N–H and O–H groups in total. The van der Waals surface area contributed by atoms with Gasteiger partial charge in [-0.05, 0) is 17.2 Å². The van der Waals surface area contributed by atoms with E-state index in [1.54, 1.807) is 18.5 Å². The SMILES string of the molecule is N#C/C(=C/NCc1ccccc1)C(=O)NCc1cccnc1. The summed E-state index contributed by atoms with van der Waals surface area (Å²) in [6.45, 7) is 0.895. The van der Waals surface area contributed by atoms with Gasteiger partial charge in [0, 0.05) is 31.7 Å². The zero-order valence-electron chi connectivity index (χ0n) is 12.0. The van der Waals surface area contributed by atoms with Gasteiger partial charge in [-0.15, -0.1) is 0 Å². The van der Waals surface area contributed by atoms with Crippen molar-refractivity contribution in [2.24, 2.45) is 0 Å². The van der Waals surface area contributed by atoms with Crippen LogP contribution in [-0.2, 0) is 17.9 Å². The van der Waals surface area contributed by atoms with Crippen LogP contribution in [0.4, 0.5) is 0 Å². The quantitative estimate of drug-likeness (QED) is 0.629. The summed E-state index contributed by atoms with van der Waals surface area (Å²) in [6, 6.07) is 15.3. The number of carbonyl (C=O) groups excluding carboxylic acids is 1. The molecular weight excluding hydrogens is 276 g/mol. The van der Waals surface area contributed by atoms with Crippen molar-refractivity contribution in [1.82, 2.24) is 15.6 Å². The Bertz CT molecular complexity index is 675. The summed E-state index contributed by atoms with van der Waals surface area (Å²) in [4.78, 5) is 15.9. The lowest BCUT2D eigenvalue weighted by Crippen LogP contribution is -2.25. The van der Waals surface area contributed by atoms with Crippen LogP contribution < -0.4 is 10.6 Å². The molecule has 1 aromatic heterocycles. The summed E-state index contributed by atoms with van der Waals surface area (Å²) in [6.07, 6.45) is 4.77. The fourth-order valence-corrected chi connectivity index (χ4v) is 1.80. The molecule has 1 amide bonds. The lowest BCUT2D eigenvalue weighted by molar-refractivity contribution is -0.117. The van der Waals surface area contributed by atoms with Crippen molar-refractivity contribution < 1.29 is 4.79 Å². The monoisotopic (exact) mass is 292 g/mol. The van der Waals surface area contributed by atoms with Gasteiger partial charge in [0.2, 0.25) is 0 Å². The van der Waals surface area contributed by atoms with E-state index in [1.807, 2.05) is 42.5 Å². The predicted octanol–water partition coefficient (Wildman–Crippen LogP) is 1.90. The predicted molar refractivity (Wildman–Crippen MR) is 83.1 cm³/mol. The molecule has 0 saturated carbocycles. The van der Waals surface area contributed by atoms with E-state index in [0.717, 1.165) is 11.1 Å². The average molecular weight is 292 g/mol. The number of nitrogens with one attached hydrogen (secondary N) is 2. The van der Waals surface area contributed by atoms with E-state index >= 15 is 0 Å². The number of amides is 1. The maximum absolute atomic E-state index is 11.9. The van der Waals surface area contributed by atoms with Crippen molar-refractivity contribution in [3.8, 4) is 6.07 Å². The minimum atomic E-state index is -0.410. The number of benzene rings is 1. The minimum absolute atomic E-state index is 0.0415. The van der Waals surface area contributed by atoms with Crippen molar-refractivity contribution in [3.63, 3.8) is 0 Å². The van der Waals surface area contributed by atoms with Crippen LogP contribution in [0.3, 0.4) is 0 Å². The van der Waals surface area contributed by atoms with Gasteiger partial charge in [0.25, 0.3) is 5.91 Å². The molecule has 0 atom stereocenters. The highest BCUT2D eigenvalue weighted by atomic mass is 16.1. The summed E-state index contributed by atoms with van der Waals surface area (Å²) >= 11 is 0. The van der Waals surface area contributed by atoms with Gasteiger partial charge in [0.1, 0.15) is 11.6 Å². The van der Waals surface area contributed by atoms with Crippen molar-refractivity contribution in [1.29, 1.82) is 5.26 Å². The van der Waals surface area contributed by atoms with Gasteiger partial charge in [0.15, 0.2) is 0 Å². The van der Waals surface area contributed by atoms with Crippen molar-refractivity contribution in [2.45, 2.75) is 13.1 Å². The summed E-state index contributed by atoms with van der Waals surface area (Å²) in [5.74, 6) is -0.410.